The molecule has 0 saturated heterocycles. The highest BCUT2D eigenvalue weighted by Crippen LogP contribution is 2.28. The number of nitrogens with zero attached hydrogens (tertiary/aromatic N) is 2. The van der Waals surface area contributed by atoms with Gasteiger partial charge in [-0.3, -0.25) is 9.97 Å². The molecule has 0 bridgehead atoms. The Kier molecular flexibility index (Phi) is 0.939. The molecule has 1 aliphatic carbocycles. The third-order valence-electron chi connectivity index (χ3n) is 2.14. The molecule has 0 unspecified atom stereocenters. The van der Waals surface area contributed by atoms with Gasteiger partial charge in [-0.05, 0) is 11.6 Å². The molecule has 1 aromatic carbocycles. The lowest BCUT2D eigenvalue weighted by molar-refractivity contribution is 1.29. The summed E-state index contributed by atoms with van der Waals surface area (Å²) in [6.07, 6.45) is 7.61. The van der Waals surface area contributed by atoms with Gasteiger partial charge in [-0.1, -0.05) is 18.2 Å². The second kappa shape index (κ2) is 1.91. The minimum atomic E-state index is 0.973. The molecule has 1 aromatic heterocycles. The molecule has 2 nitrogen and oxygen atoms in total. The highest BCUT2D eigenvalue weighted by atomic mass is 14.8. The first kappa shape index (κ1) is 5.89. The Labute approximate surface area is 69.6 Å². The first-order valence-corrected chi connectivity index (χ1v) is 3.87. The predicted octanol–water partition coefficient (Wildman–Crippen LogP) is 2.11. The molecule has 0 aliphatic heterocycles. The summed E-state index contributed by atoms with van der Waals surface area (Å²) in [5.74, 6) is 0. The van der Waals surface area contributed by atoms with E-state index in [0.717, 1.165) is 11.0 Å². The number of fused-ring (bicyclic) bond motifs is 3. The van der Waals surface area contributed by atoms with E-state index in [-0.39, 0.29) is 0 Å². The van der Waals surface area contributed by atoms with Crippen LogP contribution in [-0.2, 0) is 0 Å². The van der Waals surface area contributed by atoms with Crippen LogP contribution >= 0.6 is 0 Å². The number of aromatic nitrogens is 2. The van der Waals surface area contributed by atoms with E-state index in [4.69, 9.17) is 0 Å². The van der Waals surface area contributed by atoms with Gasteiger partial charge < -0.3 is 0 Å². The topological polar surface area (TPSA) is 25.8 Å². The Balaban J connectivity index is 2.53. The normalized spacial score (nSPS) is 12.7. The molecular formula is C10H6N2. The van der Waals surface area contributed by atoms with Crippen molar-refractivity contribution in [2.24, 2.45) is 0 Å². The van der Waals surface area contributed by atoms with Crippen molar-refractivity contribution in [3.05, 3.63) is 35.7 Å². The van der Waals surface area contributed by atoms with Gasteiger partial charge in [-0.2, -0.15) is 0 Å². The summed E-state index contributed by atoms with van der Waals surface area (Å²) in [5.41, 5.74) is 4.47. The van der Waals surface area contributed by atoms with Gasteiger partial charge in [0, 0.05) is 18.0 Å². The van der Waals surface area contributed by atoms with E-state index in [1.54, 1.807) is 12.4 Å². The molecular weight excluding hydrogens is 148 g/mol. The molecule has 0 N–H and O–H groups in total. The lowest BCUT2D eigenvalue weighted by Gasteiger charge is -2.11. The average molecular weight is 154 g/mol. The molecule has 3 rings (SSSR count). The predicted molar refractivity (Wildman–Crippen MR) is 48.5 cm³/mol. The van der Waals surface area contributed by atoms with E-state index in [0.29, 0.717) is 0 Å². The monoisotopic (exact) mass is 154 g/mol. The maximum absolute atomic E-state index is 4.28. The largest absolute Gasteiger partial charge is 0.253 e. The van der Waals surface area contributed by atoms with Crippen LogP contribution in [0.2, 0.25) is 0 Å². The van der Waals surface area contributed by atoms with Crippen LogP contribution in [0.3, 0.4) is 0 Å². The maximum atomic E-state index is 4.28. The third-order valence-corrected chi connectivity index (χ3v) is 2.14. The molecule has 2 heteroatoms. The zero-order valence-electron chi connectivity index (χ0n) is 6.36. The summed E-state index contributed by atoms with van der Waals surface area (Å²) in [7, 11) is 0. The summed E-state index contributed by atoms with van der Waals surface area (Å²) in [6, 6.07) is 4.08. The van der Waals surface area contributed by atoms with E-state index in [2.05, 4.69) is 28.2 Å². The van der Waals surface area contributed by atoms with Gasteiger partial charge in [0.15, 0.2) is 0 Å². The molecule has 0 fully saturated rings. The van der Waals surface area contributed by atoms with E-state index >= 15 is 0 Å². The van der Waals surface area contributed by atoms with Gasteiger partial charge in [0.1, 0.15) is 0 Å². The molecule has 1 heterocycles. The van der Waals surface area contributed by atoms with Gasteiger partial charge >= 0.3 is 0 Å². The van der Waals surface area contributed by atoms with Crippen molar-refractivity contribution < 1.29 is 0 Å². The first-order valence-electron chi connectivity index (χ1n) is 3.87. The Morgan fingerprint density at radius 3 is 2.67 bits per heavy atom. The van der Waals surface area contributed by atoms with Crippen LogP contribution in [0.1, 0.15) is 11.1 Å². The van der Waals surface area contributed by atoms with Crippen molar-refractivity contribution in [3.63, 3.8) is 0 Å². The first-order chi connectivity index (χ1) is 5.95. The zero-order chi connectivity index (χ0) is 7.97. The van der Waals surface area contributed by atoms with Crippen LogP contribution in [0.25, 0.3) is 23.2 Å². The fraction of sp³-hybridized carbons (Fsp3) is 0. The zero-order valence-corrected chi connectivity index (χ0v) is 6.36. The summed E-state index contributed by atoms with van der Waals surface area (Å²) >= 11 is 0. The van der Waals surface area contributed by atoms with Crippen LogP contribution in [0.5, 0.6) is 0 Å². The van der Waals surface area contributed by atoms with Gasteiger partial charge in [0.25, 0.3) is 0 Å². The average Bonchev–Trinajstić information content (AvgIpc) is 2.05. The van der Waals surface area contributed by atoms with Gasteiger partial charge in [0.2, 0.25) is 0 Å². The molecule has 0 atom stereocenters. The quantitative estimate of drug-likeness (QED) is 0.495. The van der Waals surface area contributed by atoms with E-state index in [9.17, 15) is 0 Å². The van der Waals surface area contributed by atoms with Crippen molar-refractivity contribution in [1.82, 2.24) is 9.97 Å². The van der Waals surface area contributed by atoms with Gasteiger partial charge in [0.05, 0.1) is 11.0 Å². The van der Waals surface area contributed by atoms with Gasteiger partial charge in [-0.15, -0.1) is 0 Å². The highest BCUT2D eigenvalue weighted by Gasteiger charge is 2.09. The Hall–Kier alpha value is -1.70. The molecule has 12 heavy (non-hydrogen) atoms. The van der Waals surface area contributed by atoms with Crippen molar-refractivity contribution in [3.8, 4) is 0 Å². The minimum Gasteiger partial charge on any atom is -0.253 e. The van der Waals surface area contributed by atoms with Gasteiger partial charge in [-0.25, -0.2) is 0 Å². The molecule has 0 spiro atoms. The SMILES string of the molecule is C1=Cc2c1ccc1nccnc21. The molecule has 56 valence electrons. The second-order valence-corrected chi connectivity index (χ2v) is 2.83. The van der Waals surface area contributed by atoms with Crippen LogP contribution in [-0.4, -0.2) is 9.97 Å². The van der Waals surface area contributed by atoms with Crippen LogP contribution < -0.4 is 0 Å². The van der Waals surface area contributed by atoms with Crippen LogP contribution in [0.15, 0.2) is 24.5 Å². The third kappa shape index (κ3) is 0.593. The molecule has 0 radical (unpaired) electrons. The summed E-state index contributed by atoms with van der Waals surface area (Å²) in [5, 5.41) is 0. The highest BCUT2D eigenvalue weighted by molar-refractivity contribution is 5.98. The number of hydrogen-bond acceptors (Lipinski definition) is 2. The lowest BCUT2D eigenvalue weighted by atomic mass is 9.96. The summed E-state index contributed by atoms with van der Waals surface area (Å²) in [6.45, 7) is 0. The van der Waals surface area contributed by atoms with Crippen LogP contribution in [0.4, 0.5) is 0 Å². The minimum absolute atomic E-state index is 0.973. The Bertz CT molecular complexity index is 486. The van der Waals surface area contributed by atoms with Crippen molar-refractivity contribution in [2.45, 2.75) is 0 Å². The lowest BCUT2D eigenvalue weighted by Crippen LogP contribution is -1.93. The molecule has 0 saturated carbocycles. The molecule has 0 amide bonds. The van der Waals surface area contributed by atoms with Crippen molar-refractivity contribution in [1.29, 1.82) is 0 Å². The summed E-state index contributed by atoms with van der Waals surface area (Å²) < 4.78 is 0. The number of benzene rings is 1. The van der Waals surface area contributed by atoms with Crippen molar-refractivity contribution in [2.75, 3.05) is 0 Å². The Morgan fingerprint density at radius 1 is 0.917 bits per heavy atom. The van der Waals surface area contributed by atoms with Crippen LogP contribution in [0, 0.1) is 0 Å². The fourth-order valence-corrected chi connectivity index (χ4v) is 1.47. The summed E-state index contributed by atoms with van der Waals surface area (Å²) in [4.78, 5) is 8.50. The van der Waals surface area contributed by atoms with E-state index in [1.807, 2.05) is 6.07 Å². The number of rotatable bonds is 0. The standard InChI is InChI=1S/C10H6N2/c1-3-8-7(1)2-4-9-10(8)12-6-5-11-9/h1-6H. The maximum Gasteiger partial charge on any atom is 0.0965 e. The second-order valence-electron chi connectivity index (χ2n) is 2.83. The molecule has 1 aliphatic rings. The number of hydrogen-bond donors (Lipinski definition) is 0. The van der Waals surface area contributed by atoms with E-state index < -0.39 is 0 Å². The smallest absolute Gasteiger partial charge is 0.0965 e. The fourth-order valence-electron chi connectivity index (χ4n) is 1.47. The van der Waals surface area contributed by atoms with E-state index in [1.165, 1.54) is 11.1 Å². The Morgan fingerprint density at radius 2 is 1.83 bits per heavy atom. The van der Waals surface area contributed by atoms with Crippen molar-refractivity contribution >= 4 is 23.2 Å². The molecule has 2 aromatic rings.